The highest BCUT2D eigenvalue weighted by Gasteiger charge is 2.08. The fourth-order valence-corrected chi connectivity index (χ4v) is 0.871. The minimum atomic E-state index is 0.680. The van der Waals surface area contributed by atoms with Gasteiger partial charge in [0.1, 0.15) is 0 Å². The van der Waals surface area contributed by atoms with Gasteiger partial charge in [0.05, 0.1) is 5.88 Å². The van der Waals surface area contributed by atoms with Crippen molar-refractivity contribution in [2.45, 2.75) is 0 Å². The van der Waals surface area contributed by atoms with Crippen LogP contribution in [0.4, 0.5) is 0 Å². The van der Waals surface area contributed by atoms with Crippen LogP contribution in [0.2, 0.25) is 0 Å². The first kappa shape index (κ1) is 5.89. The number of halogens is 1. The Morgan fingerprint density at radius 2 is 2.62 bits per heavy atom. The summed E-state index contributed by atoms with van der Waals surface area (Å²) in [4.78, 5) is 0. The molecule has 3 heteroatoms. The highest BCUT2D eigenvalue weighted by atomic mass is 35.5. The molecule has 1 heterocycles. The van der Waals surface area contributed by atoms with Gasteiger partial charge in [-0.2, -0.15) is 0 Å². The highest BCUT2D eigenvalue weighted by molar-refractivity contribution is 6.17. The van der Waals surface area contributed by atoms with Gasteiger partial charge in [0.2, 0.25) is 0 Å². The maximum absolute atomic E-state index is 5.46. The zero-order valence-corrected chi connectivity index (χ0v) is 5.40. The molecule has 0 N–H and O–H groups in total. The Morgan fingerprint density at radius 3 is 3.12 bits per heavy atom. The van der Waals surface area contributed by atoms with E-state index in [1.165, 1.54) is 0 Å². The number of alkyl halides is 1. The van der Waals surface area contributed by atoms with Gasteiger partial charge in [0.15, 0.2) is 19.7 Å². The summed E-state index contributed by atoms with van der Waals surface area (Å²) in [6.07, 6.45) is 1.74. The van der Waals surface area contributed by atoms with Crippen molar-refractivity contribution in [3.8, 4) is 0 Å². The Hall–Kier alpha value is -0.240. The van der Waals surface area contributed by atoms with Gasteiger partial charge in [0.25, 0.3) is 0 Å². The summed E-state index contributed by atoms with van der Waals surface area (Å²) in [5, 5.41) is 0. The van der Waals surface area contributed by atoms with Gasteiger partial charge in [-0.25, -0.2) is 4.58 Å². The van der Waals surface area contributed by atoms with Crippen LogP contribution in [0.1, 0.15) is 0 Å². The lowest BCUT2D eigenvalue weighted by Gasteiger charge is -1.86. The summed E-state index contributed by atoms with van der Waals surface area (Å²) < 4.78 is 7.01. The lowest BCUT2D eigenvalue weighted by atomic mass is 10.6. The van der Waals surface area contributed by atoms with E-state index in [0.29, 0.717) is 5.88 Å². The molecule has 2 nitrogen and oxygen atoms in total. The van der Waals surface area contributed by atoms with Crippen molar-refractivity contribution in [2.24, 2.45) is 0 Å². The number of ether oxygens (including phenoxy) is 1. The fraction of sp³-hybridized carbons (Fsp3) is 0.800. The second-order valence-corrected chi connectivity index (χ2v) is 2.08. The molecule has 0 spiro atoms. The minimum absolute atomic E-state index is 0.680. The van der Waals surface area contributed by atoms with E-state index in [9.17, 15) is 0 Å². The maximum Gasteiger partial charge on any atom is 0.324 e. The smallest absolute Gasteiger partial charge is 0.324 e. The zero-order chi connectivity index (χ0) is 5.82. The van der Waals surface area contributed by atoms with Crippen molar-refractivity contribution in [1.29, 1.82) is 0 Å². The lowest BCUT2D eigenvalue weighted by Crippen LogP contribution is -2.12. The number of nitrogens with zero attached hydrogens (tertiary/aromatic N) is 1. The van der Waals surface area contributed by atoms with Crippen LogP contribution in [-0.2, 0) is 4.74 Å². The van der Waals surface area contributed by atoms with Crippen LogP contribution in [-0.4, -0.2) is 36.6 Å². The normalized spacial score (nSPS) is 17.9. The van der Waals surface area contributed by atoms with Crippen LogP contribution in [0.5, 0.6) is 0 Å². The Morgan fingerprint density at radius 1 is 1.75 bits per heavy atom. The van der Waals surface area contributed by atoms with Crippen molar-refractivity contribution in [3.63, 3.8) is 0 Å². The Balaban J connectivity index is 2.23. The third-order valence-electron chi connectivity index (χ3n) is 1.09. The molecule has 0 radical (unpaired) electrons. The van der Waals surface area contributed by atoms with Gasteiger partial charge >= 0.3 is 6.40 Å². The first-order chi connectivity index (χ1) is 3.93. The molecule has 0 amide bonds. The molecular weight excluding hydrogens is 126 g/mol. The monoisotopic (exact) mass is 134 g/mol. The molecule has 0 saturated heterocycles. The number of hydrogen-bond donors (Lipinski definition) is 0. The second-order valence-electron chi connectivity index (χ2n) is 1.70. The number of rotatable bonds is 2. The average molecular weight is 135 g/mol. The van der Waals surface area contributed by atoms with Crippen molar-refractivity contribution < 1.29 is 9.31 Å². The van der Waals surface area contributed by atoms with Crippen LogP contribution in [0.3, 0.4) is 0 Å². The number of hydrogen-bond acceptors (Lipinski definition) is 1. The van der Waals surface area contributed by atoms with Gasteiger partial charge < -0.3 is 4.74 Å². The largest absolute Gasteiger partial charge is 0.444 e. The van der Waals surface area contributed by atoms with E-state index in [1.54, 1.807) is 6.40 Å². The summed E-state index contributed by atoms with van der Waals surface area (Å²) in [7, 11) is 0. The summed E-state index contributed by atoms with van der Waals surface area (Å²) in [6, 6.07) is 0. The van der Waals surface area contributed by atoms with E-state index in [0.717, 1.165) is 19.7 Å². The van der Waals surface area contributed by atoms with Gasteiger partial charge in [-0.15, -0.1) is 11.6 Å². The van der Waals surface area contributed by atoms with Gasteiger partial charge in [-0.3, -0.25) is 0 Å². The van der Waals surface area contributed by atoms with E-state index in [-0.39, 0.29) is 0 Å². The first-order valence-electron chi connectivity index (χ1n) is 2.68. The van der Waals surface area contributed by atoms with Gasteiger partial charge in [-0.1, -0.05) is 0 Å². The molecule has 46 valence electrons. The molecule has 0 aromatic carbocycles. The molecule has 0 fully saturated rings. The van der Waals surface area contributed by atoms with Crippen molar-refractivity contribution in [1.82, 2.24) is 0 Å². The summed E-state index contributed by atoms with van der Waals surface area (Å²) >= 11 is 5.46. The SMILES string of the molecule is ClCC[N+]1=COCC1. The quantitative estimate of drug-likeness (QED) is 0.391. The molecule has 0 aromatic heterocycles. The Kier molecular flexibility index (Phi) is 2.15. The van der Waals surface area contributed by atoms with E-state index < -0.39 is 0 Å². The van der Waals surface area contributed by atoms with Crippen molar-refractivity contribution >= 4 is 18.0 Å². The van der Waals surface area contributed by atoms with Crippen LogP contribution in [0.15, 0.2) is 0 Å². The lowest BCUT2D eigenvalue weighted by molar-refractivity contribution is -0.509. The summed E-state index contributed by atoms with van der Waals surface area (Å²) in [5.41, 5.74) is 0. The van der Waals surface area contributed by atoms with Crippen molar-refractivity contribution in [2.75, 3.05) is 25.6 Å². The summed E-state index contributed by atoms with van der Waals surface area (Å²) in [6.45, 7) is 2.71. The van der Waals surface area contributed by atoms with E-state index in [2.05, 4.69) is 4.58 Å². The van der Waals surface area contributed by atoms with E-state index in [4.69, 9.17) is 16.3 Å². The van der Waals surface area contributed by atoms with Gasteiger partial charge in [0, 0.05) is 0 Å². The third kappa shape index (κ3) is 1.37. The van der Waals surface area contributed by atoms with Crippen molar-refractivity contribution in [3.05, 3.63) is 0 Å². The molecule has 8 heavy (non-hydrogen) atoms. The molecule has 1 rings (SSSR count). The standard InChI is InChI=1S/C5H9ClNO/c6-1-2-7-3-4-8-5-7/h5H,1-4H2/q+1. The van der Waals surface area contributed by atoms with Crippen LogP contribution in [0.25, 0.3) is 0 Å². The minimum Gasteiger partial charge on any atom is -0.444 e. The molecule has 1 aliphatic rings. The third-order valence-corrected chi connectivity index (χ3v) is 1.26. The Labute approximate surface area is 53.7 Å². The molecule has 0 aliphatic carbocycles. The van der Waals surface area contributed by atoms with E-state index in [1.807, 2.05) is 0 Å². The molecule has 1 aliphatic heterocycles. The molecular formula is C5H9ClNO+. The highest BCUT2D eigenvalue weighted by Crippen LogP contribution is 1.86. The topological polar surface area (TPSA) is 12.2 Å². The Bertz CT molecular complexity index is 103. The van der Waals surface area contributed by atoms with E-state index >= 15 is 0 Å². The molecule has 0 atom stereocenters. The molecule has 0 saturated carbocycles. The van der Waals surface area contributed by atoms with Crippen LogP contribution in [0, 0.1) is 0 Å². The predicted octanol–water partition coefficient (Wildman–Crippen LogP) is 0.296. The fourth-order valence-electron chi connectivity index (χ4n) is 0.654. The predicted molar refractivity (Wildman–Crippen MR) is 32.7 cm³/mol. The second kappa shape index (κ2) is 2.92. The molecule has 0 aromatic rings. The maximum atomic E-state index is 5.46. The zero-order valence-electron chi connectivity index (χ0n) is 4.64. The molecule has 0 bridgehead atoms. The average Bonchev–Trinajstić information content (AvgIpc) is 2.19. The molecule has 0 unspecified atom stereocenters. The van der Waals surface area contributed by atoms with Crippen LogP contribution >= 0.6 is 11.6 Å². The van der Waals surface area contributed by atoms with Crippen LogP contribution < -0.4 is 0 Å². The summed E-state index contributed by atoms with van der Waals surface area (Å²) in [5.74, 6) is 0.680. The van der Waals surface area contributed by atoms with Gasteiger partial charge in [-0.05, 0) is 0 Å². The first-order valence-corrected chi connectivity index (χ1v) is 3.22.